The summed E-state index contributed by atoms with van der Waals surface area (Å²) in [7, 11) is 1.57. The first-order valence-electron chi connectivity index (χ1n) is 12.5. The van der Waals surface area contributed by atoms with Gasteiger partial charge in [-0.05, 0) is 30.3 Å². The topological polar surface area (TPSA) is 96.3 Å². The van der Waals surface area contributed by atoms with Gasteiger partial charge in [-0.15, -0.1) is 0 Å². The summed E-state index contributed by atoms with van der Waals surface area (Å²) in [4.78, 5) is 30.3. The average Bonchev–Trinajstić information content (AvgIpc) is 2.95. The highest BCUT2D eigenvalue weighted by molar-refractivity contribution is 6.03. The van der Waals surface area contributed by atoms with Crippen molar-refractivity contribution < 1.29 is 18.7 Å². The number of fused-ring (bicyclic) bond motifs is 1. The molecule has 2 saturated heterocycles. The lowest BCUT2D eigenvalue weighted by Crippen LogP contribution is -2.43. The number of carbonyl (C=O) groups excluding carboxylic acids is 1. The van der Waals surface area contributed by atoms with Gasteiger partial charge in [-0.25, -0.2) is 0 Å². The molecule has 3 heterocycles. The predicted molar refractivity (Wildman–Crippen MR) is 143 cm³/mol. The number of ether oxygens (including phenoxy) is 2. The minimum Gasteiger partial charge on any atom is -0.497 e. The smallest absolute Gasteiger partial charge is 0.291 e. The van der Waals surface area contributed by atoms with Crippen LogP contribution in [0.25, 0.3) is 11.0 Å². The molecule has 2 N–H and O–H groups in total. The normalized spacial score (nSPS) is 15.8. The largest absolute Gasteiger partial charge is 0.497 e. The summed E-state index contributed by atoms with van der Waals surface area (Å²) in [6.45, 7) is 10.3. The molecule has 2 fully saturated rings. The Kier molecular flexibility index (Phi) is 8.45. The third-order valence-corrected chi connectivity index (χ3v) is 6.20. The van der Waals surface area contributed by atoms with E-state index in [1.807, 2.05) is 44.2 Å². The maximum atomic E-state index is 13.0. The van der Waals surface area contributed by atoms with Crippen LogP contribution in [0.4, 0.5) is 17.1 Å². The van der Waals surface area contributed by atoms with Crippen LogP contribution in [0, 0.1) is 0 Å². The average molecular weight is 495 g/mol. The van der Waals surface area contributed by atoms with Crippen LogP contribution in [0.1, 0.15) is 24.4 Å². The molecule has 2 aliphatic rings. The van der Waals surface area contributed by atoms with Crippen LogP contribution in [-0.4, -0.2) is 65.5 Å². The lowest BCUT2D eigenvalue weighted by atomic mass is 10.1. The van der Waals surface area contributed by atoms with Crippen molar-refractivity contribution in [2.24, 2.45) is 0 Å². The molecule has 0 atom stereocenters. The van der Waals surface area contributed by atoms with Crippen molar-refractivity contribution >= 4 is 33.9 Å². The van der Waals surface area contributed by atoms with Gasteiger partial charge in [-0.3, -0.25) is 9.59 Å². The summed E-state index contributed by atoms with van der Waals surface area (Å²) >= 11 is 0. The molecule has 0 spiro atoms. The summed E-state index contributed by atoms with van der Waals surface area (Å²) in [6.07, 6.45) is 0. The second kappa shape index (κ2) is 11.9. The zero-order valence-corrected chi connectivity index (χ0v) is 21.1. The number of nitrogens with zero attached hydrogens (tertiary/aromatic N) is 2. The van der Waals surface area contributed by atoms with Gasteiger partial charge in [-0.1, -0.05) is 13.8 Å². The standard InChI is InChI=1S/C25H28N4O5.C2H6/c1-32-19-14-20-22(30)16-23(34-24(20)21(15-19)29-8-6-26-7-9-29)25(31)27-17-2-4-18(5-3-17)28-10-12-33-13-11-28;1-2/h2-5,14-16,26H,6-13H2,1H3,(H,27,31);1-2H3. The van der Waals surface area contributed by atoms with Crippen molar-refractivity contribution in [2.75, 3.05) is 74.7 Å². The van der Waals surface area contributed by atoms with Crippen LogP contribution < -0.4 is 30.6 Å². The fraction of sp³-hybridized carbons (Fsp3) is 0.407. The highest BCUT2D eigenvalue weighted by atomic mass is 16.5. The molecule has 9 heteroatoms. The number of piperazine rings is 1. The second-order valence-corrected chi connectivity index (χ2v) is 8.34. The minimum absolute atomic E-state index is 0.0312. The van der Waals surface area contributed by atoms with Crippen molar-refractivity contribution in [3.63, 3.8) is 0 Å². The van der Waals surface area contributed by atoms with Crippen LogP contribution in [0.15, 0.2) is 51.7 Å². The Balaban J connectivity index is 0.00000148. The minimum atomic E-state index is -0.472. The molecule has 5 rings (SSSR count). The zero-order chi connectivity index (χ0) is 25.5. The Morgan fingerprint density at radius 3 is 2.33 bits per heavy atom. The molecule has 36 heavy (non-hydrogen) atoms. The van der Waals surface area contributed by atoms with Crippen LogP contribution in [0.3, 0.4) is 0 Å². The molecule has 3 aromatic rings. The van der Waals surface area contributed by atoms with Gasteiger partial charge in [0.05, 0.1) is 31.4 Å². The van der Waals surface area contributed by atoms with Crippen LogP contribution in [-0.2, 0) is 4.74 Å². The lowest BCUT2D eigenvalue weighted by molar-refractivity contribution is 0.0997. The highest BCUT2D eigenvalue weighted by Crippen LogP contribution is 2.32. The molecule has 0 saturated carbocycles. The first-order chi connectivity index (χ1) is 17.6. The quantitative estimate of drug-likeness (QED) is 0.558. The van der Waals surface area contributed by atoms with E-state index in [1.165, 1.54) is 6.07 Å². The molecule has 192 valence electrons. The maximum Gasteiger partial charge on any atom is 0.291 e. The van der Waals surface area contributed by atoms with Gasteiger partial charge < -0.3 is 34.3 Å². The summed E-state index contributed by atoms with van der Waals surface area (Å²) < 4.78 is 16.8. The number of carbonyl (C=O) groups is 1. The molecule has 9 nitrogen and oxygen atoms in total. The van der Waals surface area contributed by atoms with Crippen molar-refractivity contribution in [1.29, 1.82) is 0 Å². The predicted octanol–water partition coefficient (Wildman–Crippen LogP) is 3.33. The van der Waals surface area contributed by atoms with Gasteiger partial charge in [-0.2, -0.15) is 0 Å². The fourth-order valence-corrected chi connectivity index (χ4v) is 4.35. The molecule has 0 aliphatic carbocycles. The first-order valence-corrected chi connectivity index (χ1v) is 12.5. The molecule has 2 aromatic carbocycles. The van der Waals surface area contributed by atoms with E-state index in [0.717, 1.165) is 50.6 Å². The van der Waals surface area contributed by atoms with E-state index >= 15 is 0 Å². The Bertz CT molecular complexity index is 1230. The van der Waals surface area contributed by atoms with Crippen molar-refractivity contribution in [2.45, 2.75) is 13.8 Å². The third kappa shape index (κ3) is 5.63. The van der Waals surface area contributed by atoms with Gasteiger partial charge in [0.2, 0.25) is 0 Å². The number of nitrogens with one attached hydrogen (secondary N) is 2. The van der Waals surface area contributed by atoms with Crippen LogP contribution in [0.2, 0.25) is 0 Å². The molecule has 1 aromatic heterocycles. The SMILES string of the molecule is CC.COc1cc(N2CCNCC2)c2oc(C(=O)Nc3ccc(N4CCOCC4)cc3)cc(=O)c2c1. The van der Waals surface area contributed by atoms with Crippen molar-refractivity contribution in [1.82, 2.24) is 5.32 Å². The summed E-state index contributed by atoms with van der Waals surface area (Å²) in [6, 6.07) is 12.4. The van der Waals surface area contributed by atoms with E-state index in [1.54, 1.807) is 13.2 Å². The molecular formula is C27H34N4O5. The van der Waals surface area contributed by atoms with E-state index in [-0.39, 0.29) is 11.2 Å². The molecule has 0 unspecified atom stereocenters. The van der Waals surface area contributed by atoms with Crippen LogP contribution in [0.5, 0.6) is 5.75 Å². The highest BCUT2D eigenvalue weighted by Gasteiger charge is 2.21. The number of methoxy groups -OCH3 is 1. The first kappa shape index (κ1) is 25.5. The van der Waals surface area contributed by atoms with Gasteiger partial charge in [0, 0.05) is 62.8 Å². The Morgan fingerprint density at radius 1 is 0.972 bits per heavy atom. The zero-order valence-electron chi connectivity index (χ0n) is 21.1. The van der Waals surface area contributed by atoms with E-state index < -0.39 is 5.91 Å². The maximum absolute atomic E-state index is 13.0. The number of anilines is 3. The Morgan fingerprint density at radius 2 is 1.67 bits per heavy atom. The summed E-state index contributed by atoms with van der Waals surface area (Å²) in [5.41, 5.74) is 2.56. The fourth-order valence-electron chi connectivity index (χ4n) is 4.35. The van der Waals surface area contributed by atoms with Crippen LogP contribution >= 0.6 is 0 Å². The van der Waals surface area contributed by atoms with Gasteiger partial charge >= 0.3 is 0 Å². The number of rotatable bonds is 5. The second-order valence-electron chi connectivity index (χ2n) is 8.34. The van der Waals surface area contributed by atoms with Crippen molar-refractivity contribution in [3.8, 4) is 5.75 Å². The van der Waals surface area contributed by atoms with Crippen molar-refractivity contribution in [3.05, 3.63) is 58.4 Å². The molecule has 0 radical (unpaired) electrons. The van der Waals surface area contributed by atoms with Gasteiger partial charge in [0.1, 0.15) is 5.75 Å². The number of amides is 1. The van der Waals surface area contributed by atoms with E-state index in [4.69, 9.17) is 13.9 Å². The number of hydrogen-bond donors (Lipinski definition) is 2. The number of morpholine rings is 1. The molecule has 0 bridgehead atoms. The Hall–Kier alpha value is -3.56. The van der Waals surface area contributed by atoms with Gasteiger partial charge in [0.25, 0.3) is 5.91 Å². The van der Waals surface area contributed by atoms with E-state index in [9.17, 15) is 9.59 Å². The number of hydrogen-bond acceptors (Lipinski definition) is 8. The van der Waals surface area contributed by atoms with E-state index in [2.05, 4.69) is 20.4 Å². The monoisotopic (exact) mass is 494 g/mol. The third-order valence-electron chi connectivity index (χ3n) is 6.20. The molecule has 2 aliphatic heterocycles. The van der Waals surface area contributed by atoms with E-state index in [0.29, 0.717) is 35.6 Å². The summed E-state index contributed by atoms with van der Waals surface area (Å²) in [5, 5.41) is 6.54. The lowest BCUT2D eigenvalue weighted by Gasteiger charge is -2.30. The summed E-state index contributed by atoms with van der Waals surface area (Å²) in [5.74, 6) is 0.0717. The molecular weight excluding hydrogens is 460 g/mol. The Labute approximate surface area is 211 Å². The number of benzene rings is 2. The molecule has 1 amide bonds. The van der Waals surface area contributed by atoms with Gasteiger partial charge in [0.15, 0.2) is 16.8 Å².